The van der Waals surface area contributed by atoms with Crippen LogP contribution in [0.15, 0.2) is 53.4 Å². The minimum Gasteiger partial charge on any atom is -0.486 e. The van der Waals surface area contributed by atoms with Crippen LogP contribution in [0.2, 0.25) is 0 Å². The zero-order chi connectivity index (χ0) is 23.0. The van der Waals surface area contributed by atoms with Crippen LogP contribution in [0, 0.1) is 0 Å². The number of amides is 1. The Balaban J connectivity index is 1.33. The lowest BCUT2D eigenvalue weighted by molar-refractivity contribution is -0.121. The molecule has 0 fully saturated rings. The summed E-state index contributed by atoms with van der Waals surface area (Å²) >= 11 is 0. The molecule has 8 heteroatoms. The van der Waals surface area contributed by atoms with E-state index in [-0.39, 0.29) is 16.2 Å². The number of nitrogens with one attached hydrogen (secondary N) is 2. The number of unbranched alkanes of at least 4 members (excludes halogenated alkanes) is 2. The first-order chi connectivity index (χ1) is 15.3. The number of hydrogen-bond acceptors (Lipinski definition) is 5. The highest BCUT2D eigenvalue weighted by molar-refractivity contribution is 7.89. The lowest BCUT2D eigenvalue weighted by Crippen LogP contribution is -2.36. The fraction of sp³-hybridized carbons (Fsp3) is 0.458. The maximum absolute atomic E-state index is 12.5. The van der Waals surface area contributed by atoms with Gasteiger partial charge in [0.15, 0.2) is 11.5 Å². The summed E-state index contributed by atoms with van der Waals surface area (Å²) < 4.78 is 38.4. The van der Waals surface area contributed by atoms with Crippen molar-refractivity contribution in [2.75, 3.05) is 26.3 Å². The van der Waals surface area contributed by atoms with Crippen molar-refractivity contribution in [3.63, 3.8) is 0 Å². The third-order valence-corrected chi connectivity index (χ3v) is 6.94. The highest BCUT2D eigenvalue weighted by Gasteiger charge is 2.21. The Hall–Kier alpha value is -2.58. The molecule has 1 aliphatic heterocycles. The van der Waals surface area contributed by atoms with Gasteiger partial charge >= 0.3 is 0 Å². The fourth-order valence-corrected chi connectivity index (χ4v) is 4.56. The average Bonchev–Trinajstić information content (AvgIpc) is 2.80. The molecular weight excluding hydrogens is 428 g/mol. The van der Waals surface area contributed by atoms with Crippen LogP contribution in [0.1, 0.15) is 45.1 Å². The molecule has 1 heterocycles. The van der Waals surface area contributed by atoms with Crippen LogP contribution < -0.4 is 19.5 Å². The lowest BCUT2D eigenvalue weighted by atomic mass is 9.84. The van der Waals surface area contributed by atoms with Crippen LogP contribution in [0.25, 0.3) is 0 Å². The topological polar surface area (TPSA) is 93.7 Å². The number of carbonyl (C=O) groups is 1. The van der Waals surface area contributed by atoms with Gasteiger partial charge in [-0.3, -0.25) is 4.79 Å². The molecule has 0 spiro atoms. The van der Waals surface area contributed by atoms with E-state index >= 15 is 0 Å². The molecule has 1 aliphatic rings. The van der Waals surface area contributed by atoms with Crippen molar-refractivity contribution in [2.24, 2.45) is 0 Å². The third-order valence-electron chi connectivity index (χ3n) is 5.48. The van der Waals surface area contributed by atoms with Gasteiger partial charge in [-0.05, 0) is 30.5 Å². The second-order valence-electron chi connectivity index (χ2n) is 8.54. The van der Waals surface area contributed by atoms with E-state index in [4.69, 9.17) is 9.47 Å². The van der Waals surface area contributed by atoms with Crippen molar-refractivity contribution < 1.29 is 22.7 Å². The zero-order valence-corrected chi connectivity index (χ0v) is 19.5. The molecule has 3 rings (SSSR count). The van der Waals surface area contributed by atoms with Crippen LogP contribution in [0.4, 0.5) is 0 Å². The van der Waals surface area contributed by atoms with Gasteiger partial charge in [0, 0.05) is 31.0 Å². The number of sulfonamides is 1. The first-order valence-electron chi connectivity index (χ1n) is 11.0. The van der Waals surface area contributed by atoms with E-state index in [1.54, 1.807) is 6.07 Å². The number of benzene rings is 2. The highest BCUT2D eigenvalue weighted by Crippen LogP contribution is 2.32. The summed E-state index contributed by atoms with van der Waals surface area (Å²) in [5, 5.41) is 3.01. The summed E-state index contributed by atoms with van der Waals surface area (Å²) in [6.07, 6.45) is 2.56. The summed E-state index contributed by atoms with van der Waals surface area (Å²) in [6, 6.07) is 14.7. The molecule has 1 amide bonds. The zero-order valence-electron chi connectivity index (χ0n) is 18.7. The number of hydrogen-bond donors (Lipinski definition) is 2. The summed E-state index contributed by atoms with van der Waals surface area (Å²) in [5.41, 5.74) is 1.05. The Kier molecular flexibility index (Phi) is 8.15. The molecular formula is C24H32N2O5S. The van der Waals surface area contributed by atoms with Gasteiger partial charge < -0.3 is 14.8 Å². The maximum atomic E-state index is 12.5. The molecule has 0 radical (unpaired) electrons. The predicted octanol–water partition coefficient (Wildman–Crippen LogP) is 3.39. The van der Waals surface area contributed by atoms with Crippen molar-refractivity contribution in [3.8, 4) is 11.5 Å². The molecule has 2 N–H and O–H groups in total. The Morgan fingerprint density at radius 1 is 0.969 bits per heavy atom. The van der Waals surface area contributed by atoms with E-state index in [2.05, 4.69) is 36.0 Å². The van der Waals surface area contributed by atoms with E-state index in [0.29, 0.717) is 57.1 Å². The number of fused-ring (bicyclic) bond motifs is 1. The van der Waals surface area contributed by atoms with Gasteiger partial charge in [0.05, 0.1) is 4.90 Å². The van der Waals surface area contributed by atoms with E-state index < -0.39 is 10.0 Å². The molecule has 0 aliphatic carbocycles. The molecule has 2 aromatic carbocycles. The van der Waals surface area contributed by atoms with Crippen molar-refractivity contribution in [3.05, 3.63) is 54.1 Å². The smallest absolute Gasteiger partial charge is 0.240 e. The van der Waals surface area contributed by atoms with Gasteiger partial charge in [-0.2, -0.15) is 0 Å². The Labute approximate surface area is 190 Å². The molecule has 2 aromatic rings. The van der Waals surface area contributed by atoms with E-state index in [1.165, 1.54) is 17.7 Å². The summed E-state index contributed by atoms with van der Waals surface area (Å²) in [4.78, 5) is 12.3. The predicted molar refractivity (Wildman–Crippen MR) is 124 cm³/mol. The van der Waals surface area contributed by atoms with Crippen LogP contribution in [-0.2, 0) is 20.2 Å². The first kappa shape index (κ1) is 24.1. The van der Waals surface area contributed by atoms with Gasteiger partial charge in [0.25, 0.3) is 0 Å². The second kappa shape index (κ2) is 10.8. The molecule has 32 heavy (non-hydrogen) atoms. The minimum absolute atomic E-state index is 0.0193. The average molecular weight is 461 g/mol. The van der Waals surface area contributed by atoms with Crippen molar-refractivity contribution >= 4 is 15.9 Å². The molecule has 0 atom stereocenters. The van der Waals surface area contributed by atoms with Gasteiger partial charge in [-0.15, -0.1) is 0 Å². The van der Waals surface area contributed by atoms with Crippen molar-refractivity contribution in [1.29, 1.82) is 0 Å². The first-order valence-corrected chi connectivity index (χ1v) is 12.5. The third kappa shape index (κ3) is 6.71. The van der Waals surface area contributed by atoms with E-state index in [9.17, 15) is 13.2 Å². The van der Waals surface area contributed by atoms with Crippen LogP contribution in [0.3, 0.4) is 0 Å². The Morgan fingerprint density at radius 2 is 1.69 bits per heavy atom. The van der Waals surface area contributed by atoms with Gasteiger partial charge in [-0.1, -0.05) is 50.6 Å². The minimum atomic E-state index is -3.61. The van der Waals surface area contributed by atoms with Crippen LogP contribution >= 0.6 is 0 Å². The molecule has 0 aromatic heterocycles. The van der Waals surface area contributed by atoms with Gasteiger partial charge in [-0.25, -0.2) is 13.1 Å². The standard InChI is InChI=1S/C24H32N2O5S/c1-24(2,19-9-5-3-6-10-19)18-25-23(27)11-7-4-8-14-26-32(28,29)20-12-13-21-22(17-20)31-16-15-30-21/h3,5-6,9-10,12-13,17,26H,4,7-8,11,14-16,18H2,1-2H3,(H,25,27). The molecule has 0 unspecified atom stereocenters. The normalized spacial score (nSPS) is 13.6. The molecule has 7 nitrogen and oxygen atoms in total. The lowest BCUT2D eigenvalue weighted by Gasteiger charge is -2.25. The molecule has 0 bridgehead atoms. The Bertz CT molecular complexity index is 1010. The SMILES string of the molecule is CC(C)(CNC(=O)CCCCCNS(=O)(=O)c1ccc2c(c1)OCCO2)c1ccccc1. The van der Waals surface area contributed by atoms with E-state index in [0.717, 1.165) is 6.42 Å². The Morgan fingerprint density at radius 3 is 2.44 bits per heavy atom. The van der Waals surface area contributed by atoms with Gasteiger partial charge in [0.2, 0.25) is 15.9 Å². The quantitative estimate of drug-likeness (QED) is 0.502. The molecule has 0 saturated carbocycles. The summed E-state index contributed by atoms with van der Waals surface area (Å²) in [7, 11) is -3.61. The van der Waals surface area contributed by atoms with E-state index in [1.807, 2.05) is 18.2 Å². The van der Waals surface area contributed by atoms with Crippen LogP contribution in [0.5, 0.6) is 11.5 Å². The number of rotatable bonds is 11. The number of carbonyl (C=O) groups excluding carboxylic acids is 1. The number of ether oxygens (including phenoxy) is 2. The summed E-state index contributed by atoms with van der Waals surface area (Å²) in [6.45, 7) is 5.97. The molecule has 174 valence electrons. The van der Waals surface area contributed by atoms with Crippen LogP contribution in [-0.4, -0.2) is 40.6 Å². The highest BCUT2D eigenvalue weighted by atomic mass is 32.2. The second-order valence-corrected chi connectivity index (χ2v) is 10.3. The molecule has 0 saturated heterocycles. The fourth-order valence-electron chi connectivity index (χ4n) is 3.47. The van der Waals surface area contributed by atoms with Crippen molar-refractivity contribution in [1.82, 2.24) is 10.0 Å². The maximum Gasteiger partial charge on any atom is 0.240 e. The monoisotopic (exact) mass is 460 g/mol. The van der Waals surface area contributed by atoms with Crippen molar-refractivity contribution in [2.45, 2.75) is 49.8 Å². The van der Waals surface area contributed by atoms with Gasteiger partial charge in [0.1, 0.15) is 13.2 Å². The summed E-state index contributed by atoms with van der Waals surface area (Å²) in [5.74, 6) is 1.02. The largest absolute Gasteiger partial charge is 0.486 e.